The molecular weight excluding hydrogens is 192 g/mol. The number of hydrogen-bond acceptors (Lipinski definition) is 3. The van der Waals surface area contributed by atoms with Gasteiger partial charge in [-0.05, 0) is 19.4 Å². The first kappa shape index (κ1) is 11.8. The Morgan fingerprint density at radius 3 is 2.73 bits per heavy atom. The van der Waals surface area contributed by atoms with E-state index in [4.69, 9.17) is 10.5 Å². The molecule has 15 heavy (non-hydrogen) atoms. The molecule has 0 spiro atoms. The summed E-state index contributed by atoms with van der Waals surface area (Å²) < 4.78 is 7.01. The number of pyridine rings is 1. The first-order chi connectivity index (χ1) is 7.04. The molecule has 0 saturated heterocycles. The molecule has 0 bridgehead atoms. The molecule has 4 nitrogen and oxygen atoms in total. The lowest BCUT2D eigenvalue weighted by molar-refractivity contribution is 0.284. The topological polar surface area (TPSA) is 57.2 Å². The summed E-state index contributed by atoms with van der Waals surface area (Å²) in [5.74, 6) is 0.597. The third kappa shape index (κ3) is 3.09. The molecule has 0 aliphatic heterocycles. The number of aromatic nitrogens is 1. The van der Waals surface area contributed by atoms with Crippen molar-refractivity contribution < 1.29 is 4.74 Å². The van der Waals surface area contributed by atoms with Crippen LogP contribution in [0.3, 0.4) is 0 Å². The smallest absolute Gasteiger partial charge is 0.254 e. The maximum Gasteiger partial charge on any atom is 0.254 e. The molecule has 4 heteroatoms. The molecule has 1 rings (SSSR count). The van der Waals surface area contributed by atoms with Crippen LogP contribution in [0.15, 0.2) is 16.9 Å². The summed E-state index contributed by atoms with van der Waals surface area (Å²) in [7, 11) is 1.74. The Bertz CT molecular complexity index is 385. The number of rotatable bonds is 4. The highest BCUT2D eigenvalue weighted by atomic mass is 16.5. The van der Waals surface area contributed by atoms with Gasteiger partial charge in [0.1, 0.15) is 12.4 Å². The minimum Gasteiger partial charge on any atom is -0.492 e. The molecule has 0 fully saturated rings. The van der Waals surface area contributed by atoms with Gasteiger partial charge >= 0.3 is 0 Å². The summed E-state index contributed by atoms with van der Waals surface area (Å²) in [5.41, 5.74) is 6.54. The van der Waals surface area contributed by atoms with Gasteiger partial charge in [0, 0.05) is 24.8 Å². The van der Waals surface area contributed by atoms with E-state index in [0.717, 1.165) is 12.1 Å². The minimum absolute atomic E-state index is 0.0226. The zero-order valence-corrected chi connectivity index (χ0v) is 9.49. The fraction of sp³-hybridized carbons (Fsp3) is 0.545. The van der Waals surface area contributed by atoms with Crippen molar-refractivity contribution in [1.29, 1.82) is 0 Å². The Kier molecular flexibility index (Phi) is 3.91. The van der Waals surface area contributed by atoms with Crippen molar-refractivity contribution in [1.82, 2.24) is 4.57 Å². The predicted octanol–water partition coefficient (Wildman–Crippen LogP) is 0.810. The lowest BCUT2D eigenvalue weighted by Gasteiger charge is -2.12. The van der Waals surface area contributed by atoms with Gasteiger partial charge in [0.05, 0.1) is 0 Å². The maximum absolute atomic E-state index is 11.4. The summed E-state index contributed by atoms with van der Waals surface area (Å²) >= 11 is 0. The van der Waals surface area contributed by atoms with Crippen molar-refractivity contribution in [2.24, 2.45) is 12.8 Å². The second-order valence-electron chi connectivity index (χ2n) is 3.71. The lowest BCUT2D eigenvalue weighted by Crippen LogP contribution is -2.27. The molecule has 0 aromatic carbocycles. The first-order valence-electron chi connectivity index (χ1n) is 5.10. The van der Waals surface area contributed by atoms with Crippen LogP contribution in [0.4, 0.5) is 0 Å². The van der Waals surface area contributed by atoms with Crippen molar-refractivity contribution in [2.45, 2.75) is 26.3 Å². The van der Waals surface area contributed by atoms with Crippen LogP contribution in [-0.4, -0.2) is 17.2 Å². The summed E-state index contributed by atoms with van der Waals surface area (Å²) in [6.45, 7) is 4.32. The van der Waals surface area contributed by atoms with E-state index in [1.165, 1.54) is 6.07 Å². The van der Waals surface area contributed by atoms with Gasteiger partial charge in [-0.15, -0.1) is 0 Å². The summed E-state index contributed by atoms with van der Waals surface area (Å²) in [6, 6.07) is 3.34. The van der Waals surface area contributed by atoms with Crippen LogP contribution >= 0.6 is 0 Å². The third-order valence-electron chi connectivity index (χ3n) is 2.46. The predicted molar refractivity (Wildman–Crippen MR) is 60.2 cm³/mol. The monoisotopic (exact) mass is 210 g/mol. The summed E-state index contributed by atoms with van der Waals surface area (Å²) in [6.07, 6.45) is 0.865. The highest BCUT2D eigenvalue weighted by Crippen LogP contribution is 2.09. The van der Waals surface area contributed by atoms with Gasteiger partial charge < -0.3 is 15.0 Å². The van der Waals surface area contributed by atoms with Gasteiger partial charge in [0.15, 0.2) is 0 Å². The van der Waals surface area contributed by atoms with Crippen LogP contribution in [0.2, 0.25) is 0 Å². The van der Waals surface area contributed by atoms with Crippen molar-refractivity contribution >= 4 is 0 Å². The molecule has 0 aliphatic rings. The quantitative estimate of drug-likeness (QED) is 0.800. The van der Waals surface area contributed by atoms with Crippen LogP contribution in [-0.2, 0) is 7.05 Å². The van der Waals surface area contributed by atoms with E-state index in [9.17, 15) is 4.79 Å². The van der Waals surface area contributed by atoms with Crippen molar-refractivity contribution in [2.75, 3.05) is 6.61 Å². The van der Waals surface area contributed by atoms with E-state index in [1.807, 2.05) is 19.9 Å². The van der Waals surface area contributed by atoms with Gasteiger partial charge in [0.2, 0.25) is 0 Å². The Morgan fingerprint density at radius 2 is 2.20 bits per heavy atom. The normalized spacial score (nSPS) is 12.5. The molecule has 0 radical (unpaired) electrons. The third-order valence-corrected chi connectivity index (χ3v) is 2.46. The number of ether oxygens (including phenoxy) is 1. The molecule has 1 heterocycles. The second-order valence-corrected chi connectivity index (χ2v) is 3.71. The van der Waals surface area contributed by atoms with E-state index in [-0.39, 0.29) is 11.6 Å². The van der Waals surface area contributed by atoms with Gasteiger partial charge in [-0.1, -0.05) is 6.92 Å². The van der Waals surface area contributed by atoms with Gasteiger partial charge in [-0.2, -0.15) is 0 Å². The van der Waals surface area contributed by atoms with Crippen LogP contribution in [0.1, 0.15) is 19.0 Å². The fourth-order valence-corrected chi connectivity index (χ4v) is 1.14. The maximum atomic E-state index is 11.4. The molecule has 0 unspecified atom stereocenters. The number of nitrogens with zero attached hydrogens (tertiary/aromatic N) is 1. The summed E-state index contributed by atoms with van der Waals surface area (Å²) in [4.78, 5) is 11.4. The van der Waals surface area contributed by atoms with E-state index >= 15 is 0 Å². The second kappa shape index (κ2) is 4.98. The van der Waals surface area contributed by atoms with Crippen LogP contribution in [0.5, 0.6) is 5.75 Å². The zero-order chi connectivity index (χ0) is 11.4. The van der Waals surface area contributed by atoms with Crippen molar-refractivity contribution in [3.05, 3.63) is 28.2 Å². The fourth-order valence-electron chi connectivity index (χ4n) is 1.14. The van der Waals surface area contributed by atoms with E-state index < -0.39 is 0 Å². The molecule has 0 amide bonds. The van der Waals surface area contributed by atoms with Gasteiger partial charge in [-0.3, -0.25) is 4.79 Å². The molecule has 1 atom stereocenters. The Balaban J connectivity index is 2.75. The molecular formula is C11H18N2O2. The lowest BCUT2D eigenvalue weighted by atomic mass is 10.2. The van der Waals surface area contributed by atoms with E-state index in [0.29, 0.717) is 12.4 Å². The van der Waals surface area contributed by atoms with Gasteiger partial charge in [0.25, 0.3) is 5.56 Å². The van der Waals surface area contributed by atoms with Crippen molar-refractivity contribution in [3.63, 3.8) is 0 Å². The Morgan fingerprint density at radius 1 is 1.53 bits per heavy atom. The van der Waals surface area contributed by atoms with E-state index in [1.54, 1.807) is 11.6 Å². The average molecular weight is 210 g/mol. The largest absolute Gasteiger partial charge is 0.492 e. The molecule has 0 aliphatic carbocycles. The molecule has 84 valence electrons. The van der Waals surface area contributed by atoms with Crippen LogP contribution in [0.25, 0.3) is 0 Å². The van der Waals surface area contributed by atoms with Crippen LogP contribution < -0.4 is 16.0 Å². The highest BCUT2D eigenvalue weighted by Gasteiger charge is 2.03. The standard InChI is InChI=1S/C11H18N2O2/c1-4-9(12)7-15-10-5-8(2)13(3)11(14)6-10/h5-6,9H,4,7,12H2,1-3H3/t9-/m0/s1. The number of aryl methyl sites for hydroxylation is 1. The minimum atomic E-state index is -0.0601. The molecule has 2 N–H and O–H groups in total. The first-order valence-corrected chi connectivity index (χ1v) is 5.10. The van der Waals surface area contributed by atoms with Crippen molar-refractivity contribution in [3.8, 4) is 5.75 Å². The highest BCUT2D eigenvalue weighted by molar-refractivity contribution is 5.23. The number of hydrogen-bond donors (Lipinski definition) is 1. The molecule has 1 aromatic rings. The summed E-state index contributed by atoms with van der Waals surface area (Å²) in [5, 5.41) is 0. The number of nitrogens with two attached hydrogens (primary N) is 1. The van der Waals surface area contributed by atoms with Crippen LogP contribution in [0, 0.1) is 6.92 Å². The molecule has 0 saturated carbocycles. The Labute approximate surface area is 89.7 Å². The SMILES string of the molecule is CC[C@H](N)COc1cc(C)n(C)c(=O)c1. The van der Waals surface area contributed by atoms with Gasteiger partial charge in [-0.25, -0.2) is 0 Å². The average Bonchev–Trinajstić information content (AvgIpc) is 2.22. The Hall–Kier alpha value is -1.29. The molecule has 1 aromatic heterocycles. The zero-order valence-electron chi connectivity index (χ0n) is 9.49. The van der Waals surface area contributed by atoms with E-state index in [2.05, 4.69) is 0 Å².